The summed E-state index contributed by atoms with van der Waals surface area (Å²) in [6.07, 6.45) is 3.66. The molecule has 1 aliphatic carbocycles. The third-order valence-corrected chi connectivity index (χ3v) is 3.90. The van der Waals surface area contributed by atoms with E-state index >= 15 is 0 Å². The number of anilines is 1. The van der Waals surface area contributed by atoms with Crippen LogP contribution < -0.4 is 11.1 Å². The van der Waals surface area contributed by atoms with Crippen LogP contribution in [-0.4, -0.2) is 12.5 Å². The second kappa shape index (κ2) is 5.24. The fourth-order valence-electron chi connectivity index (χ4n) is 2.41. The van der Waals surface area contributed by atoms with Crippen molar-refractivity contribution in [2.75, 3.05) is 11.9 Å². The van der Waals surface area contributed by atoms with E-state index in [2.05, 4.69) is 5.32 Å². The minimum atomic E-state index is -0.496. The summed E-state index contributed by atoms with van der Waals surface area (Å²) in [5, 5.41) is 2.77. The van der Waals surface area contributed by atoms with E-state index in [1.165, 1.54) is 18.2 Å². The van der Waals surface area contributed by atoms with Gasteiger partial charge in [-0.3, -0.25) is 4.79 Å². The molecular weight excluding hydrogens is 255 g/mol. The van der Waals surface area contributed by atoms with Crippen molar-refractivity contribution in [1.29, 1.82) is 0 Å². The first-order valence-electron chi connectivity index (χ1n) is 6.04. The highest BCUT2D eigenvalue weighted by atomic mass is 35.5. The summed E-state index contributed by atoms with van der Waals surface area (Å²) in [5.41, 5.74) is 5.76. The smallest absolute Gasteiger partial charge is 0.231 e. The molecule has 0 aromatic heterocycles. The number of carbonyl (C=O) groups is 1. The predicted octanol–water partition coefficient (Wildman–Crippen LogP) is 2.94. The Morgan fingerprint density at radius 2 is 2.11 bits per heavy atom. The predicted molar refractivity (Wildman–Crippen MR) is 70.0 cm³/mol. The van der Waals surface area contributed by atoms with Gasteiger partial charge in [-0.1, -0.05) is 24.4 Å². The van der Waals surface area contributed by atoms with Gasteiger partial charge < -0.3 is 11.1 Å². The second-order valence-electron chi connectivity index (χ2n) is 4.77. The van der Waals surface area contributed by atoms with Crippen LogP contribution in [0.1, 0.15) is 25.7 Å². The molecule has 0 unspecified atom stereocenters. The number of benzene rings is 1. The van der Waals surface area contributed by atoms with Gasteiger partial charge in [0.05, 0.1) is 10.4 Å². The first kappa shape index (κ1) is 13.3. The van der Waals surface area contributed by atoms with Crippen LogP contribution in [0.25, 0.3) is 0 Å². The average Bonchev–Trinajstić information content (AvgIpc) is 2.84. The molecule has 1 aliphatic rings. The Kier molecular flexibility index (Phi) is 3.88. The van der Waals surface area contributed by atoms with Gasteiger partial charge >= 0.3 is 0 Å². The van der Waals surface area contributed by atoms with Crippen LogP contribution in [0.15, 0.2) is 18.2 Å². The van der Waals surface area contributed by atoms with E-state index in [-0.39, 0.29) is 10.9 Å². The minimum Gasteiger partial charge on any atom is -0.329 e. The number of nitrogens with one attached hydrogen (secondary N) is 1. The Morgan fingerprint density at radius 1 is 1.44 bits per heavy atom. The lowest BCUT2D eigenvalue weighted by Crippen LogP contribution is -2.40. The number of carbonyl (C=O) groups excluding carboxylic acids is 1. The van der Waals surface area contributed by atoms with Crippen molar-refractivity contribution in [3.8, 4) is 0 Å². The van der Waals surface area contributed by atoms with Crippen molar-refractivity contribution in [1.82, 2.24) is 0 Å². The fourth-order valence-corrected chi connectivity index (χ4v) is 2.59. The maximum absolute atomic E-state index is 13.0. The van der Waals surface area contributed by atoms with Crippen molar-refractivity contribution >= 4 is 23.2 Å². The van der Waals surface area contributed by atoms with Gasteiger partial charge in [-0.15, -0.1) is 0 Å². The van der Waals surface area contributed by atoms with Crippen LogP contribution in [0, 0.1) is 11.2 Å². The van der Waals surface area contributed by atoms with E-state index in [4.69, 9.17) is 17.3 Å². The molecule has 1 aromatic rings. The van der Waals surface area contributed by atoms with Crippen molar-refractivity contribution in [3.63, 3.8) is 0 Å². The Balaban J connectivity index is 2.13. The van der Waals surface area contributed by atoms with E-state index in [0.717, 1.165) is 25.7 Å². The summed E-state index contributed by atoms with van der Waals surface area (Å²) in [5.74, 6) is -0.589. The standard InChI is InChI=1S/C13H16ClFN2O/c14-10-7-9(3-4-11(10)15)17-12(18)13(8-16)5-1-2-6-13/h3-4,7H,1-2,5-6,8,16H2,(H,17,18). The van der Waals surface area contributed by atoms with Gasteiger partial charge in [0.2, 0.25) is 5.91 Å². The lowest BCUT2D eigenvalue weighted by atomic mass is 9.85. The zero-order valence-corrected chi connectivity index (χ0v) is 10.8. The summed E-state index contributed by atoms with van der Waals surface area (Å²) in [7, 11) is 0. The van der Waals surface area contributed by atoms with Gasteiger partial charge in [0.15, 0.2) is 0 Å². The molecule has 1 amide bonds. The minimum absolute atomic E-state index is 0.000945. The Morgan fingerprint density at radius 3 is 2.67 bits per heavy atom. The molecule has 1 aromatic carbocycles. The molecule has 0 spiro atoms. The van der Waals surface area contributed by atoms with Gasteiger partial charge in [-0.05, 0) is 31.0 Å². The van der Waals surface area contributed by atoms with Gasteiger partial charge in [-0.2, -0.15) is 0 Å². The molecule has 1 saturated carbocycles. The van der Waals surface area contributed by atoms with Gasteiger partial charge in [0.25, 0.3) is 0 Å². The SMILES string of the molecule is NCC1(C(=O)Nc2ccc(F)c(Cl)c2)CCCC1. The highest BCUT2D eigenvalue weighted by Gasteiger charge is 2.39. The Hall–Kier alpha value is -1.13. The highest BCUT2D eigenvalue weighted by Crippen LogP contribution is 2.38. The second-order valence-corrected chi connectivity index (χ2v) is 5.18. The largest absolute Gasteiger partial charge is 0.329 e. The quantitative estimate of drug-likeness (QED) is 0.887. The number of halogens is 2. The van der Waals surface area contributed by atoms with Crippen molar-refractivity contribution in [3.05, 3.63) is 29.0 Å². The van der Waals surface area contributed by atoms with Crippen molar-refractivity contribution in [2.24, 2.45) is 11.1 Å². The molecule has 2 rings (SSSR count). The fraction of sp³-hybridized carbons (Fsp3) is 0.462. The van der Waals surface area contributed by atoms with Crippen LogP contribution in [0.3, 0.4) is 0 Å². The zero-order chi connectivity index (χ0) is 13.2. The third-order valence-electron chi connectivity index (χ3n) is 3.61. The summed E-state index contributed by atoms with van der Waals surface area (Å²) >= 11 is 5.67. The molecule has 5 heteroatoms. The van der Waals surface area contributed by atoms with Crippen LogP contribution >= 0.6 is 11.6 Å². The van der Waals surface area contributed by atoms with Gasteiger partial charge in [0.1, 0.15) is 5.82 Å². The maximum Gasteiger partial charge on any atom is 0.231 e. The van der Waals surface area contributed by atoms with E-state index in [1.54, 1.807) is 0 Å². The van der Waals surface area contributed by atoms with Crippen molar-refractivity contribution in [2.45, 2.75) is 25.7 Å². The molecule has 98 valence electrons. The summed E-state index contributed by atoms with van der Waals surface area (Å²) in [4.78, 5) is 12.2. The average molecular weight is 271 g/mol. The molecule has 3 N–H and O–H groups in total. The van der Waals surface area contributed by atoms with Crippen molar-refractivity contribution < 1.29 is 9.18 Å². The Labute approximate surface area is 111 Å². The van der Waals surface area contributed by atoms with E-state index in [9.17, 15) is 9.18 Å². The number of hydrogen-bond donors (Lipinski definition) is 2. The van der Waals surface area contributed by atoms with Crippen LogP contribution in [0.4, 0.5) is 10.1 Å². The van der Waals surface area contributed by atoms with E-state index in [1.807, 2.05) is 0 Å². The van der Waals surface area contributed by atoms with E-state index in [0.29, 0.717) is 12.2 Å². The van der Waals surface area contributed by atoms with Crippen LogP contribution in [0.2, 0.25) is 5.02 Å². The van der Waals surface area contributed by atoms with E-state index < -0.39 is 11.2 Å². The first-order valence-corrected chi connectivity index (χ1v) is 6.42. The van der Waals surface area contributed by atoms with Crippen LogP contribution in [-0.2, 0) is 4.79 Å². The highest BCUT2D eigenvalue weighted by molar-refractivity contribution is 6.31. The maximum atomic E-state index is 13.0. The lowest BCUT2D eigenvalue weighted by Gasteiger charge is -2.25. The molecule has 18 heavy (non-hydrogen) atoms. The summed E-state index contributed by atoms with van der Waals surface area (Å²) in [6, 6.07) is 4.15. The molecule has 0 atom stereocenters. The molecule has 0 aliphatic heterocycles. The van der Waals surface area contributed by atoms with Gasteiger partial charge in [0, 0.05) is 12.2 Å². The zero-order valence-electron chi connectivity index (χ0n) is 10.0. The van der Waals surface area contributed by atoms with Crippen LogP contribution in [0.5, 0.6) is 0 Å². The topological polar surface area (TPSA) is 55.1 Å². The Bertz CT molecular complexity index is 458. The third kappa shape index (κ3) is 2.49. The molecule has 0 bridgehead atoms. The summed E-state index contributed by atoms with van der Waals surface area (Å²) < 4.78 is 13.0. The lowest BCUT2D eigenvalue weighted by molar-refractivity contribution is -0.124. The molecule has 1 fully saturated rings. The number of rotatable bonds is 3. The number of nitrogens with two attached hydrogens (primary N) is 1. The van der Waals surface area contributed by atoms with Gasteiger partial charge in [-0.25, -0.2) is 4.39 Å². The molecule has 0 saturated heterocycles. The molecule has 0 heterocycles. The molecule has 3 nitrogen and oxygen atoms in total. The number of amides is 1. The normalized spacial score (nSPS) is 17.7. The first-order chi connectivity index (χ1) is 8.57. The number of hydrogen-bond acceptors (Lipinski definition) is 2. The molecule has 0 radical (unpaired) electrons. The monoisotopic (exact) mass is 270 g/mol. The summed E-state index contributed by atoms with van der Waals surface area (Å²) in [6.45, 7) is 0.341. The molecular formula is C13H16ClFN2O.